The number of nitrogen functional groups attached to an aromatic ring is 1. The molecule has 0 aliphatic heterocycles. The number of hydrogen-bond donors (Lipinski definition) is 2. The van der Waals surface area contributed by atoms with Crippen LogP contribution in [-0.4, -0.2) is 20.0 Å². The van der Waals surface area contributed by atoms with Crippen molar-refractivity contribution < 1.29 is 4.79 Å². The largest absolute Gasteiger partial charge is 0.378 e. The molecular formula is C9H13N3O. The van der Waals surface area contributed by atoms with Crippen molar-refractivity contribution in [3.63, 3.8) is 0 Å². The molecule has 4 heteroatoms. The van der Waals surface area contributed by atoms with Gasteiger partial charge >= 0.3 is 0 Å². The monoisotopic (exact) mass is 179 g/mol. The first-order valence-corrected chi connectivity index (χ1v) is 3.93. The van der Waals surface area contributed by atoms with Crippen LogP contribution in [0.25, 0.3) is 0 Å². The second kappa shape index (κ2) is 3.91. The Morgan fingerprint density at radius 1 is 1.31 bits per heavy atom. The third kappa shape index (κ3) is 2.19. The zero-order valence-electron chi connectivity index (χ0n) is 7.74. The number of nitrogens with zero attached hydrogens (tertiary/aromatic N) is 1. The molecule has 0 saturated heterocycles. The molecule has 1 aromatic carbocycles. The lowest BCUT2D eigenvalue weighted by Gasteiger charge is -2.12. The van der Waals surface area contributed by atoms with Gasteiger partial charge in [0, 0.05) is 25.3 Å². The van der Waals surface area contributed by atoms with E-state index in [0.717, 1.165) is 5.69 Å². The number of nitrogens with two attached hydrogens (primary N) is 1. The standard InChI is InChI=1S/C9H13N3O/c1-12(2)8-5-3-7(4-6-8)9(13)11-10/h3-6H,10H2,1-2H3,(H,11,13). The molecule has 0 saturated carbocycles. The molecule has 0 bridgehead atoms. The number of nitrogens with one attached hydrogen (secondary N) is 1. The summed E-state index contributed by atoms with van der Waals surface area (Å²) in [5.74, 6) is 4.72. The van der Waals surface area contributed by atoms with Crippen LogP contribution in [0.1, 0.15) is 10.4 Å². The summed E-state index contributed by atoms with van der Waals surface area (Å²) in [5.41, 5.74) is 3.69. The van der Waals surface area contributed by atoms with Gasteiger partial charge in [0.2, 0.25) is 0 Å². The van der Waals surface area contributed by atoms with Crippen molar-refractivity contribution in [2.45, 2.75) is 0 Å². The zero-order valence-corrected chi connectivity index (χ0v) is 7.74. The Labute approximate surface area is 77.3 Å². The van der Waals surface area contributed by atoms with Gasteiger partial charge in [-0.05, 0) is 24.3 Å². The van der Waals surface area contributed by atoms with E-state index in [2.05, 4.69) is 5.43 Å². The highest BCUT2D eigenvalue weighted by Gasteiger charge is 2.02. The normalized spacial score (nSPS) is 9.46. The van der Waals surface area contributed by atoms with Gasteiger partial charge in [-0.1, -0.05) is 0 Å². The predicted octanol–water partition coefficient (Wildman–Crippen LogP) is 0.356. The van der Waals surface area contributed by atoms with Crippen molar-refractivity contribution in [2.24, 2.45) is 5.84 Å². The van der Waals surface area contributed by atoms with Crippen LogP contribution < -0.4 is 16.2 Å². The molecule has 0 aliphatic carbocycles. The number of carbonyl (C=O) groups is 1. The number of hydrazine groups is 1. The minimum Gasteiger partial charge on any atom is -0.378 e. The third-order valence-electron chi connectivity index (χ3n) is 1.78. The SMILES string of the molecule is CN(C)c1ccc(C(=O)NN)cc1. The molecule has 70 valence electrons. The van der Waals surface area contributed by atoms with Crippen LogP contribution in [0.3, 0.4) is 0 Å². The number of amides is 1. The van der Waals surface area contributed by atoms with Crippen molar-refractivity contribution in [3.8, 4) is 0 Å². The summed E-state index contributed by atoms with van der Waals surface area (Å²) < 4.78 is 0. The Hall–Kier alpha value is -1.55. The molecule has 3 N–H and O–H groups in total. The van der Waals surface area contributed by atoms with Crippen LogP contribution in [0, 0.1) is 0 Å². The summed E-state index contributed by atoms with van der Waals surface area (Å²) >= 11 is 0. The summed E-state index contributed by atoms with van der Waals surface area (Å²) in [6.45, 7) is 0. The van der Waals surface area contributed by atoms with E-state index in [4.69, 9.17) is 5.84 Å². The highest BCUT2D eigenvalue weighted by molar-refractivity contribution is 5.94. The summed E-state index contributed by atoms with van der Waals surface area (Å²) in [4.78, 5) is 13.0. The van der Waals surface area contributed by atoms with Crippen LogP contribution in [0.4, 0.5) is 5.69 Å². The Balaban J connectivity index is 2.87. The van der Waals surface area contributed by atoms with Crippen molar-refractivity contribution in [2.75, 3.05) is 19.0 Å². The number of carbonyl (C=O) groups excluding carboxylic acids is 1. The number of hydrogen-bond acceptors (Lipinski definition) is 3. The van der Waals surface area contributed by atoms with Crippen molar-refractivity contribution in [1.82, 2.24) is 5.43 Å². The molecule has 4 nitrogen and oxygen atoms in total. The Kier molecular flexibility index (Phi) is 2.87. The molecule has 0 aliphatic rings. The molecule has 1 amide bonds. The fraction of sp³-hybridized carbons (Fsp3) is 0.222. The quantitative estimate of drug-likeness (QED) is 0.391. The van der Waals surface area contributed by atoms with Crippen LogP contribution >= 0.6 is 0 Å². The van der Waals surface area contributed by atoms with E-state index < -0.39 is 0 Å². The second-order valence-electron chi connectivity index (χ2n) is 2.91. The molecule has 1 rings (SSSR count). The summed E-state index contributed by atoms with van der Waals surface area (Å²) in [7, 11) is 3.88. The summed E-state index contributed by atoms with van der Waals surface area (Å²) in [6, 6.07) is 7.20. The third-order valence-corrected chi connectivity index (χ3v) is 1.78. The molecule has 0 spiro atoms. The Bertz CT molecular complexity index is 292. The first-order chi connectivity index (χ1) is 6.15. The zero-order chi connectivity index (χ0) is 9.84. The van der Waals surface area contributed by atoms with E-state index in [1.807, 2.05) is 31.1 Å². The van der Waals surface area contributed by atoms with Gasteiger partial charge in [0.25, 0.3) is 5.91 Å². The van der Waals surface area contributed by atoms with E-state index in [1.54, 1.807) is 12.1 Å². The van der Waals surface area contributed by atoms with E-state index in [-0.39, 0.29) is 5.91 Å². The average Bonchev–Trinajstić information content (AvgIpc) is 2.17. The minimum absolute atomic E-state index is 0.273. The van der Waals surface area contributed by atoms with Gasteiger partial charge in [-0.3, -0.25) is 10.2 Å². The highest BCUT2D eigenvalue weighted by Crippen LogP contribution is 2.11. The van der Waals surface area contributed by atoms with Crippen molar-refractivity contribution in [3.05, 3.63) is 29.8 Å². The lowest BCUT2D eigenvalue weighted by molar-refractivity contribution is 0.0953. The van der Waals surface area contributed by atoms with E-state index in [1.165, 1.54) is 0 Å². The molecule has 0 radical (unpaired) electrons. The fourth-order valence-corrected chi connectivity index (χ4v) is 0.994. The summed E-state index contributed by atoms with van der Waals surface area (Å²) in [5, 5.41) is 0. The minimum atomic E-state index is -0.273. The van der Waals surface area contributed by atoms with Crippen LogP contribution in [0.5, 0.6) is 0 Å². The average molecular weight is 179 g/mol. The lowest BCUT2D eigenvalue weighted by Crippen LogP contribution is -2.29. The second-order valence-corrected chi connectivity index (χ2v) is 2.91. The maximum atomic E-state index is 11.0. The van der Waals surface area contributed by atoms with Gasteiger partial charge in [-0.15, -0.1) is 0 Å². The van der Waals surface area contributed by atoms with Gasteiger partial charge in [0.1, 0.15) is 0 Å². The Morgan fingerprint density at radius 2 is 1.85 bits per heavy atom. The van der Waals surface area contributed by atoms with E-state index in [9.17, 15) is 4.79 Å². The van der Waals surface area contributed by atoms with Gasteiger partial charge in [-0.25, -0.2) is 5.84 Å². The smallest absolute Gasteiger partial charge is 0.265 e. The Morgan fingerprint density at radius 3 is 2.23 bits per heavy atom. The van der Waals surface area contributed by atoms with Crippen LogP contribution in [-0.2, 0) is 0 Å². The van der Waals surface area contributed by atoms with Gasteiger partial charge in [-0.2, -0.15) is 0 Å². The first-order valence-electron chi connectivity index (χ1n) is 3.93. The molecule has 13 heavy (non-hydrogen) atoms. The lowest BCUT2D eigenvalue weighted by atomic mass is 10.2. The predicted molar refractivity (Wildman–Crippen MR) is 52.4 cm³/mol. The number of benzene rings is 1. The highest BCUT2D eigenvalue weighted by atomic mass is 16.2. The maximum Gasteiger partial charge on any atom is 0.265 e. The molecule has 0 fully saturated rings. The van der Waals surface area contributed by atoms with Crippen molar-refractivity contribution in [1.29, 1.82) is 0 Å². The van der Waals surface area contributed by atoms with Gasteiger partial charge in [0.15, 0.2) is 0 Å². The van der Waals surface area contributed by atoms with E-state index in [0.29, 0.717) is 5.56 Å². The van der Waals surface area contributed by atoms with Crippen LogP contribution in [0.2, 0.25) is 0 Å². The number of rotatable bonds is 2. The topological polar surface area (TPSA) is 58.4 Å². The molecule has 1 aromatic rings. The van der Waals surface area contributed by atoms with Gasteiger partial charge < -0.3 is 4.90 Å². The molecule has 0 aromatic heterocycles. The molecular weight excluding hydrogens is 166 g/mol. The molecule has 0 heterocycles. The fourth-order valence-electron chi connectivity index (χ4n) is 0.994. The van der Waals surface area contributed by atoms with E-state index >= 15 is 0 Å². The first kappa shape index (κ1) is 9.54. The molecule has 0 atom stereocenters. The summed E-state index contributed by atoms with van der Waals surface area (Å²) in [6.07, 6.45) is 0. The molecule has 0 unspecified atom stereocenters. The van der Waals surface area contributed by atoms with Crippen LogP contribution in [0.15, 0.2) is 24.3 Å². The van der Waals surface area contributed by atoms with Crippen molar-refractivity contribution >= 4 is 11.6 Å². The number of anilines is 1. The maximum absolute atomic E-state index is 11.0. The van der Waals surface area contributed by atoms with Gasteiger partial charge in [0.05, 0.1) is 0 Å².